The number of hydrogen-bond acceptors (Lipinski definition) is 5. The van der Waals surface area contributed by atoms with Crippen LogP contribution in [0.25, 0.3) is 0 Å². The smallest absolute Gasteiger partial charge is 0.410 e. The Bertz CT molecular complexity index is 568. The second-order valence-corrected chi connectivity index (χ2v) is 9.77. The molecule has 1 amide bonds. The lowest BCUT2D eigenvalue weighted by molar-refractivity contribution is 0.0214. The van der Waals surface area contributed by atoms with Gasteiger partial charge in [-0.2, -0.15) is 0 Å². The van der Waals surface area contributed by atoms with Crippen LogP contribution in [-0.2, 0) is 4.74 Å². The summed E-state index contributed by atoms with van der Waals surface area (Å²) in [6.45, 7) is 15.4. The Balaban J connectivity index is 1.79. The Kier molecular flexibility index (Phi) is 9.22. The van der Waals surface area contributed by atoms with Crippen molar-refractivity contribution >= 4 is 12.1 Å². The molecule has 0 aliphatic carbocycles. The number of rotatable bonds is 5. The molecule has 0 radical (unpaired) electrons. The van der Waals surface area contributed by atoms with Gasteiger partial charge in [-0.05, 0) is 60.5 Å². The van der Waals surface area contributed by atoms with Gasteiger partial charge in [0.2, 0.25) is 0 Å². The number of likely N-dealkylation sites (tertiary alicyclic amines) is 1. The van der Waals surface area contributed by atoms with Crippen LogP contribution in [0.1, 0.15) is 40.5 Å². The quantitative estimate of drug-likeness (QED) is 0.536. The summed E-state index contributed by atoms with van der Waals surface area (Å²) in [4.78, 5) is 26.0. The first-order valence-corrected chi connectivity index (χ1v) is 11.4. The van der Waals surface area contributed by atoms with Crippen molar-refractivity contribution in [3.8, 4) is 0 Å². The number of piperidine rings is 1. The van der Waals surface area contributed by atoms with Gasteiger partial charge >= 0.3 is 6.09 Å². The van der Waals surface area contributed by atoms with E-state index in [1.165, 1.54) is 0 Å². The van der Waals surface area contributed by atoms with Gasteiger partial charge in [-0.15, -0.1) is 0 Å². The molecule has 1 atom stereocenters. The van der Waals surface area contributed by atoms with Gasteiger partial charge in [-0.25, -0.2) is 4.79 Å². The average Bonchev–Trinajstić information content (AvgIpc) is 2.68. The van der Waals surface area contributed by atoms with Crippen molar-refractivity contribution in [3.63, 3.8) is 0 Å². The highest BCUT2D eigenvalue weighted by molar-refractivity contribution is 5.80. The van der Waals surface area contributed by atoms with Gasteiger partial charge in [0, 0.05) is 65.4 Å². The molecule has 2 saturated heterocycles. The van der Waals surface area contributed by atoms with E-state index in [2.05, 4.69) is 39.1 Å². The first-order valence-electron chi connectivity index (χ1n) is 11.4. The highest BCUT2D eigenvalue weighted by Gasteiger charge is 2.28. The minimum Gasteiger partial charge on any atom is -0.444 e. The summed E-state index contributed by atoms with van der Waals surface area (Å²) in [5.74, 6) is 1.50. The summed E-state index contributed by atoms with van der Waals surface area (Å²) < 4.78 is 5.55. The van der Waals surface area contributed by atoms with Crippen molar-refractivity contribution < 1.29 is 9.53 Å². The van der Waals surface area contributed by atoms with E-state index in [0.29, 0.717) is 18.5 Å². The molecule has 0 saturated carbocycles. The van der Waals surface area contributed by atoms with Crippen molar-refractivity contribution in [1.29, 1.82) is 0 Å². The third-order valence-electron chi connectivity index (χ3n) is 6.11. The van der Waals surface area contributed by atoms with Crippen LogP contribution in [0.15, 0.2) is 4.99 Å². The Morgan fingerprint density at radius 3 is 2.40 bits per heavy atom. The molecule has 1 N–H and O–H groups in total. The fraction of sp³-hybridized carbons (Fsp3) is 0.909. The van der Waals surface area contributed by atoms with Crippen molar-refractivity contribution in [2.75, 3.05) is 73.5 Å². The molecule has 30 heavy (non-hydrogen) atoms. The minimum absolute atomic E-state index is 0.202. The number of nitrogens with one attached hydrogen (secondary N) is 1. The number of aliphatic imine (C=N–C) groups is 1. The summed E-state index contributed by atoms with van der Waals surface area (Å²) in [5, 5.41) is 3.59. The van der Waals surface area contributed by atoms with Crippen LogP contribution in [0.5, 0.6) is 0 Å². The lowest BCUT2D eigenvalue weighted by Crippen LogP contribution is -2.56. The van der Waals surface area contributed by atoms with E-state index in [1.54, 1.807) is 0 Å². The van der Waals surface area contributed by atoms with E-state index in [0.717, 1.165) is 64.6 Å². The number of hydrogen-bond donors (Lipinski definition) is 1. The van der Waals surface area contributed by atoms with Gasteiger partial charge in [0.25, 0.3) is 0 Å². The van der Waals surface area contributed by atoms with Gasteiger partial charge in [0.1, 0.15) is 5.60 Å². The molecular formula is C22H44N6O2. The fourth-order valence-corrected chi connectivity index (χ4v) is 4.16. The minimum atomic E-state index is -0.451. The average molecular weight is 425 g/mol. The zero-order valence-electron chi connectivity index (χ0n) is 20.3. The molecular weight excluding hydrogens is 380 g/mol. The maximum absolute atomic E-state index is 12.4. The Morgan fingerprint density at radius 2 is 1.83 bits per heavy atom. The van der Waals surface area contributed by atoms with Crippen molar-refractivity contribution in [1.82, 2.24) is 24.9 Å². The highest BCUT2D eigenvalue weighted by atomic mass is 16.6. The van der Waals surface area contributed by atoms with Gasteiger partial charge in [-0.1, -0.05) is 0 Å². The van der Waals surface area contributed by atoms with E-state index in [9.17, 15) is 4.79 Å². The maximum atomic E-state index is 12.4. The number of carbonyl (C=O) groups excluding carboxylic acids is 1. The molecule has 2 fully saturated rings. The molecule has 2 aliphatic rings. The molecule has 2 rings (SSSR count). The summed E-state index contributed by atoms with van der Waals surface area (Å²) in [6.07, 6.45) is 1.92. The molecule has 2 heterocycles. The third kappa shape index (κ3) is 7.61. The molecule has 0 spiro atoms. The van der Waals surface area contributed by atoms with Crippen LogP contribution in [0.2, 0.25) is 0 Å². The van der Waals surface area contributed by atoms with Gasteiger partial charge < -0.3 is 24.8 Å². The molecule has 8 heteroatoms. The zero-order chi connectivity index (χ0) is 22.3. The standard InChI is InChI=1S/C22H44N6O2/c1-8-27(21(29)30-22(2,3)4)16-18-9-11-28(12-10-18)20(23-5)24-15-19-17-25(6)13-14-26(19)7/h18-19H,8-17H2,1-7H3,(H,23,24). The van der Waals surface area contributed by atoms with Gasteiger partial charge in [-0.3, -0.25) is 9.89 Å². The van der Waals surface area contributed by atoms with Crippen molar-refractivity contribution in [3.05, 3.63) is 0 Å². The molecule has 0 aromatic carbocycles. The van der Waals surface area contributed by atoms with Gasteiger partial charge in [0.05, 0.1) is 0 Å². The van der Waals surface area contributed by atoms with Crippen molar-refractivity contribution in [2.24, 2.45) is 10.9 Å². The number of amides is 1. The Hall–Kier alpha value is -1.54. The van der Waals surface area contributed by atoms with E-state index >= 15 is 0 Å². The summed E-state index contributed by atoms with van der Waals surface area (Å²) in [6, 6.07) is 0.505. The van der Waals surface area contributed by atoms with Crippen LogP contribution in [0.3, 0.4) is 0 Å². The predicted molar refractivity (Wildman–Crippen MR) is 123 cm³/mol. The second-order valence-electron chi connectivity index (χ2n) is 9.77. The molecule has 0 bridgehead atoms. The summed E-state index contributed by atoms with van der Waals surface area (Å²) >= 11 is 0. The van der Waals surface area contributed by atoms with E-state index < -0.39 is 5.60 Å². The molecule has 174 valence electrons. The largest absolute Gasteiger partial charge is 0.444 e. The zero-order valence-corrected chi connectivity index (χ0v) is 20.3. The highest BCUT2D eigenvalue weighted by Crippen LogP contribution is 2.20. The van der Waals surface area contributed by atoms with Crippen LogP contribution in [-0.4, -0.2) is 117 Å². The third-order valence-corrected chi connectivity index (χ3v) is 6.11. The number of nitrogens with zero attached hydrogens (tertiary/aromatic N) is 5. The van der Waals surface area contributed by atoms with Crippen molar-refractivity contribution in [2.45, 2.75) is 52.2 Å². The van der Waals surface area contributed by atoms with Crippen LogP contribution < -0.4 is 5.32 Å². The van der Waals surface area contributed by atoms with Crippen LogP contribution in [0, 0.1) is 5.92 Å². The van der Waals surface area contributed by atoms with Crippen LogP contribution >= 0.6 is 0 Å². The molecule has 0 aromatic rings. The molecule has 2 aliphatic heterocycles. The van der Waals surface area contributed by atoms with Crippen LogP contribution in [0.4, 0.5) is 4.79 Å². The monoisotopic (exact) mass is 424 g/mol. The number of carbonyl (C=O) groups is 1. The molecule has 0 aromatic heterocycles. The number of guanidine groups is 1. The maximum Gasteiger partial charge on any atom is 0.410 e. The fourth-order valence-electron chi connectivity index (χ4n) is 4.16. The number of piperazine rings is 1. The normalized spacial score (nSPS) is 22.8. The molecule has 1 unspecified atom stereocenters. The Morgan fingerprint density at radius 1 is 1.17 bits per heavy atom. The lowest BCUT2D eigenvalue weighted by atomic mass is 9.96. The predicted octanol–water partition coefficient (Wildman–Crippen LogP) is 1.78. The number of likely N-dealkylation sites (N-methyl/N-ethyl adjacent to an activating group) is 2. The topological polar surface area (TPSA) is 63.7 Å². The SMILES string of the molecule is CCN(CC1CCN(C(=NC)NCC2CN(C)CCN2C)CC1)C(=O)OC(C)(C)C. The lowest BCUT2D eigenvalue weighted by Gasteiger charge is -2.39. The first kappa shape index (κ1) is 24.7. The molecule has 8 nitrogen and oxygen atoms in total. The summed E-state index contributed by atoms with van der Waals surface area (Å²) in [7, 11) is 6.26. The van der Waals surface area contributed by atoms with E-state index in [4.69, 9.17) is 4.74 Å². The summed E-state index contributed by atoms with van der Waals surface area (Å²) in [5.41, 5.74) is -0.451. The van der Waals surface area contributed by atoms with E-state index in [1.807, 2.05) is 39.6 Å². The van der Waals surface area contributed by atoms with E-state index in [-0.39, 0.29) is 6.09 Å². The second kappa shape index (κ2) is 11.2. The van der Waals surface area contributed by atoms with Gasteiger partial charge in [0.15, 0.2) is 5.96 Å². The Labute approximate surface area is 183 Å². The number of ether oxygens (including phenoxy) is 1. The first-order chi connectivity index (χ1) is 14.1.